The molecule has 0 unspecified atom stereocenters. The quantitative estimate of drug-likeness (QED) is 0.706. The molecule has 0 heterocycles. The van der Waals surface area contributed by atoms with E-state index in [0.29, 0.717) is 17.8 Å². The molecule has 3 N–H and O–H groups in total. The summed E-state index contributed by atoms with van der Waals surface area (Å²) in [6.45, 7) is 2.54. The van der Waals surface area contributed by atoms with Gasteiger partial charge in [0.25, 0.3) is 0 Å². The molecule has 1 atom stereocenters. The number of fused-ring (bicyclic) bond motifs is 1. The Morgan fingerprint density at radius 2 is 1.67 bits per heavy atom. The Bertz CT molecular complexity index is 967. The number of hydrogen-bond donors (Lipinski definition) is 2. The van der Waals surface area contributed by atoms with Gasteiger partial charge >= 0.3 is 0 Å². The fourth-order valence-corrected chi connectivity index (χ4v) is 2.93. The van der Waals surface area contributed by atoms with Gasteiger partial charge in [0.05, 0.1) is 6.04 Å². The van der Waals surface area contributed by atoms with Crippen molar-refractivity contribution in [3.63, 3.8) is 0 Å². The van der Waals surface area contributed by atoms with Crippen LogP contribution in [0, 0.1) is 0 Å². The molecule has 0 bridgehead atoms. The van der Waals surface area contributed by atoms with Crippen molar-refractivity contribution in [2.45, 2.75) is 19.5 Å². The van der Waals surface area contributed by atoms with Gasteiger partial charge in [-0.1, -0.05) is 36.4 Å². The molecular formula is C22H23N3O2. The summed E-state index contributed by atoms with van der Waals surface area (Å²) < 4.78 is 0. The van der Waals surface area contributed by atoms with Gasteiger partial charge in [-0.15, -0.1) is 0 Å². The monoisotopic (exact) mass is 361 g/mol. The predicted octanol–water partition coefficient (Wildman–Crippen LogP) is 3.40. The maximum Gasteiger partial charge on any atom is 0.248 e. The van der Waals surface area contributed by atoms with E-state index in [-0.39, 0.29) is 11.9 Å². The second kappa shape index (κ2) is 8.01. The maximum absolute atomic E-state index is 12.5. The van der Waals surface area contributed by atoms with Crippen LogP contribution < -0.4 is 11.1 Å². The summed E-state index contributed by atoms with van der Waals surface area (Å²) in [6.07, 6.45) is 0. The molecule has 27 heavy (non-hydrogen) atoms. The van der Waals surface area contributed by atoms with E-state index in [2.05, 4.69) is 35.6 Å². The molecule has 0 saturated carbocycles. The number of primary amides is 1. The van der Waals surface area contributed by atoms with E-state index in [1.54, 1.807) is 24.3 Å². The molecule has 3 aromatic rings. The van der Waals surface area contributed by atoms with Crippen LogP contribution in [0.3, 0.4) is 0 Å². The highest BCUT2D eigenvalue weighted by Gasteiger charge is 2.18. The number of carbonyl (C=O) groups is 2. The molecule has 0 aliphatic rings. The van der Waals surface area contributed by atoms with E-state index in [1.165, 1.54) is 10.8 Å². The second-order valence-corrected chi connectivity index (χ2v) is 6.70. The van der Waals surface area contributed by atoms with E-state index < -0.39 is 5.91 Å². The van der Waals surface area contributed by atoms with Crippen molar-refractivity contribution < 1.29 is 9.59 Å². The van der Waals surface area contributed by atoms with Crippen molar-refractivity contribution in [2.75, 3.05) is 12.4 Å². The summed E-state index contributed by atoms with van der Waals surface area (Å²) in [5, 5.41) is 5.26. The van der Waals surface area contributed by atoms with Crippen LogP contribution in [0.5, 0.6) is 0 Å². The first-order chi connectivity index (χ1) is 12.9. The van der Waals surface area contributed by atoms with Gasteiger partial charge in [0, 0.05) is 17.8 Å². The molecule has 5 nitrogen and oxygen atoms in total. The first-order valence-corrected chi connectivity index (χ1v) is 8.82. The fraction of sp³-hybridized carbons (Fsp3) is 0.182. The van der Waals surface area contributed by atoms with E-state index in [4.69, 9.17) is 5.73 Å². The molecule has 0 aliphatic heterocycles. The minimum atomic E-state index is -0.489. The third kappa shape index (κ3) is 4.51. The van der Waals surface area contributed by atoms with Crippen molar-refractivity contribution in [2.24, 2.45) is 5.73 Å². The van der Waals surface area contributed by atoms with Gasteiger partial charge in [-0.2, -0.15) is 0 Å². The van der Waals surface area contributed by atoms with Crippen molar-refractivity contribution in [3.8, 4) is 0 Å². The van der Waals surface area contributed by atoms with E-state index in [0.717, 1.165) is 5.56 Å². The number of anilines is 1. The largest absolute Gasteiger partial charge is 0.366 e. The van der Waals surface area contributed by atoms with Crippen molar-refractivity contribution in [1.29, 1.82) is 0 Å². The Kier molecular flexibility index (Phi) is 5.52. The molecule has 2 amide bonds. The highest BCUT2D eigenvalue weighted by molar-refractivity contribution is 5.96. The van der Waals surface area contributed by atoms with Gasteiger partial charge in [-0.05, 0) is 60.6 Å². The lowest BCUT2D eigenvalue weighted by Gasteiger charge is -2.24. The van der Waals surface area contributed by atoms with Gasteiger partial charge in [-0.3, -0.25) is 14.5 Å². The van der Waals surface area contributed by atoms with Crippen LogP contribution in [0.25, 0.3) is 10.8 Å². The number of hydrogen-bond acceptors (Lipinski definition) is 3. The number of rotatable bonds is 6. The van der Waals surface area contributed by atoms with Crippen LogP contribution in [0.4, 0.5) is 5.69 Å². The van der Waals surface area contributed by atoms with Gasteiger partial charge in [0.2, 0.25) is 11.8 Å². The Hall–Kier alpha value is -3.18. The molecule has 5 heteroatoms. The van der Waals surface area contributed by atoms with Crippen molar-refractivity contribution in [1.82, 2.24) is 4.90 Å². The summed E-state index contributed by atoms with van der Waals surface area (Å²) >= 11 is 0. The van der Waals surface area contributed by atoms with Crippen molar-refractivity contribution in [3.05, 3.63) is 77.9 Å². The number of amides is 2. The Balaban J connectivity index is 1.63. The molecule has 0 spiro atoms. The van der Waals surface area contributed by atoms with Crippen LogP contribution in [0.15, 0.2) is 66.7 Å². The van der Waals surface area contributed by atoms with Crippen molar-refractivity contribution >= 4 is 28.3 Å². The smallest absolute Gasteiger partial charge is 0.248 e. The lowest BCUT2D eigenvalue weighted by molar-refractivity contribution is -0.120. The third-order valence-electron chi connectivity index (χ3n) is 4.72. The first-order valence-electron chi connectivity index (χ1n) is 8.82. The Morgan fingerprint density at radius 1 is 1.00 bits per heavy atom. The molecule has 0 radical (unpaired) electrons. The summed E-state index contributed by atoms with van der Waals surface area (Å²) in [6, 6.07) is 20.8. The Labute approximate surface area is 158 Å². The predicted molar refractivity (Wildman–Crippen MR) is 108 cm³/mol. The molecule has 3 aromatic carbocycles. The maximum atomic E-state index is 12.5. The van der Waals surface area contributed by atoms with Crippen LogP contribution in [0.2, 0.25) is 0 Å². The number of carbonyl (C=O) groups excluding carboxylic acids is 2. The Morgan fingerprint density at radius 3 is 2.33 bits per heavy atom. The van der Waals surface area contributed by atoms with E-state index >= 15 is 0 Å². The lowest BCUT2D eigenvalue weighted by atomic mass is 10.1. The molecular weight excluding hydrogens is 338 g/mol. The average Bonchev–Trinajstić information content (AvgIpc) is 2.67. The topological polar surface area (TPSA) is 75.4 Å². The van der Waals surface area contributed by atoms with Crippen LogP contribution in [0.1, 0.15) is 22.8 Å². The lowest BCUT2D eigenvalue weighted by Crippen LogP contribution is -2.39. The number of likely N-dealkylation sites (N-methyl/N-ethyl adjacent to an activating group) is 1. The number of nitrogens with one attached hydrogen (secondary N) is 1. The molecule has 138 valence electrons. The number of benzene rings is 3. The zero-order chi connectivity index (χ0) is 19.4. The summed E-state index contributed by atoms with van der Waals surface area (Å²) in [5.74, 6) is -0.596. The molecule has 0 fully saturated rings. The highest BCUT2D eigenvalue weighted by atomic mass is 16.2. The van der Waals surface area contributed by atoms with Gasteiger partial charge < -0.3 is 11.1 Å². The SMILES string of the molecule is C[C@@H](C(=O)Nc1ccc(C(N)=O)cc1)N(C)Cc1ccc2ccccc2c1. The number of nitrogens with zero attached hydrogens (tertiary/aromatic N) is 1. The second-order valence-electron chi connectivity index (χ2n) is 6.70. The molecule has 0 aromatic heterocycles. The summed E-state index contributed by atoms with van der Waals surface area (Å²) in [4.78, 5) is 25.6. The zero-order valence-electron chi connectivity index (χ0n) is 15.5. The first kappa shape index (κ1) is 18.6. The number of nitrogens with two attached hydrogens (primary N) is 1. The van der Waals surface area contributed by atoms with Gasteiger partial charge in [0.15, 0.2) is 0 Å². The average molecular weight is 361 g/mol. The highest BCUT2D eigenvalue weighted by Crippen LogP contribution is 2.17. The molecule has 3 rings (SSSR count). The standard InChI is InChI=1S/C22H23N3O2/c1-15(22(27)24-20-11-9-18(10-12-20)21(23)26)25(2)14-16-7-8-17-5-3-4-6-19(17)13-16/h3-13,15H,14H2,1-2H3,(H2,23,26)(H,24,27)/t15-/m0/s1. The minimum Gasteiger partial charge on any atom is -0.366 e. The normalized spacial score (nSPS) is 12.1. The third-order valence-corrected chi connectivity index (χ3v) is 4.72. The van der Waals surface area contributed by atoms with Gasteiger partial charge in [0.1, 0.15) is 0 Å². The van der Waals surface area contributed by atoms with Gasteiger partial charge in [-0.25, -0.2) is 0 Å². The summed E-state index contributed by atoms with van der Waals surface area (Å²) in [7, 11) is 1.93. The minimum absolute atomic E-state index is 0.106. The van der Waals surface area contributed by atoms with E-state index in [1.807, 2.05) is 31.0 Å². The molecule has 0 saturated heterocycles. The van der Waals surface area contributed by atoms with Crippen LogP contribution >= 0.6 is 0 Å². The van der Waals surface area contributed by atoms with Crippen LogP contribution in [-0.2, 0) is 11.3 Å². The zero-order valence-corrected chi connectivity index (χ0v) is 15.5. The van der Waals surface area contributed by atoms with Crippen LogP contribution in [-0.4, -0.2) is 29.8 Å². The fourth-order valence-electron chi connectivity index (χ4n) is 2.93. The summed E-state index contributed by atoms with van der Waals surface area (Å²) in [5.41, 5.74) is 7.43. The van der Waals surface area contributed by atoms with E-state index in [9.17, 15) is 9.59 Å². The molecule has 0 aliphatic carbocycles.